The summed E-state index contributed by atoms with van der Waals surface area (Å²) < 4.78 is 16.2. The highest BCUT2D eigenvalue weighted by atomic mass is 16.5. The first kappa shape index (κ1) is 23.8. The van der Waals surface area contributed by atoms with Gasteiger partial charge in [0, 0.05) is 6.07 Å². The Morgan fingerprint density at radius 2 is 1.89 bits per heavy atom. The van der Waals surface area contributed by atoms with E-state index in [9.17, 15) is 4.79 Å². The number of allylic oxidation sites excluding steroid dienone is 2. The third kappa shape index (κ3) is 8.20. The molecule has 28 heavy (non-hydrogen) atoms. The Balaban J connectivity index is 2.85. The average molecular weight is 389 g/mol. The smallest absolute Gasteiger partial charge is 0.342 e. The standard InChI is InChI=1S/C24H36O4/c1-7-8-15-28-24(25)23-20(16-21(26-5)17-22(23)27-6)14-10-13-19(4)12-9-11-18(2)3/h7,11,16-17,19H,1,8-10,12-15H2,2-6H3/t19-/m1/s1. The zero-order chi connectivity index (χ0) is 20.9. The second-order valence-corrected chi connectivity index (χ2v) is 7.43. The first-order valence-corrected chi connectivity index (χ1v) is 10.1. The van der Waals surface area contributed by atoms with Crippen LogP contribution < -0.4 is 9.47 Å². The highest BCUT2D eigenvalue weighted by Crippen LogP contribution is 2.31. The molecule has 156 valence electrons. The van der Waals surface area contributed by atoms with Gasteiger partial charge in [-0.25, -0.2) is 4.79 Å². The van der Waals surface area contributed by atoms with Crippen LogP contribution >= 0.6 is 0 Å². The number of carbonyl (C=O) groups excluding carboxylic acids is 1. The minimum atomic E-state index is -0.354. The minimum absolute atomic E-state index is 0.318. The molecule has 0 saturated heterocycles. The Bertz CT molecular complexity index is 657. The summed E-state index contributed by atoms with van der Waals surface area (Å²) in [6.45, 7) is 10.5. The topological polar surface area (TPSA) is 44.8 Å². The molecule has 1 rings (SSSR count). The van der Waals surface area contributed by atoms with E-state index in [1.807, 2.05) is 6.07 Å². The lowest BCUT2D eigenvalue weighted by atomic mass is 9.94. The van der Waals surface area contributed by atoms with Crippen LogP contribution in [0.15, 0.2) is 36.4 Å². The van der Waals surface area contributed by atoms with Gasteiger partial charge in [-0.15, -0.1) is 6.58 Å². The zero-order valence-corrected chi connectivity index (χ0v) is 18.2. The Morgan fingerprint density at radius 1 is 1.14 bits per heavy atom. The van der Waals surface area contributed by atoms with Gasteiger partial charge in [0.15, 0.2) is 0 Å². The number of esters is 1. The molecular weight excluding hydrogens is 352 g/mol. The summed E-state index contributed by atoms with van der Waals surface area (Å²) in [5.41, 5.74) is 2.79. The molecule has 0 aromatic heterocycles. The van der Waals surface area contributed by atoms with Crippen LogP contribution in [0.1, 0.15) is 68.8 Å². The zero-order valence-electron chi connectivity index (χ0n) is 18.2. The van der Waals surface area contributed by atoms with E-state index in [-0.39, 0.29) is 5.97 Å². The average Bonchev–Trinajstić information content (AvgIpc) is 2.66. The molecule has 0 aliphatic carbocycles. The summed E-state index contributed by atoms with van der Waals surface area (Å²) in [4.78, 5) is 12.6. The van der Waals surface area contributed by atoms with Gasteiger partial charge in [-0.3, -0.25) is 0 Å². The molecule has 0 amide bonds. The molecule has 1 atom stereocenters. The van der Waals surface area contributed by atoms with E-state index in [0.29, 0.717) is 36.0 Å². The first-order valence-electron chi connectivity index (χ1n) is 10.1. The van der Waals surface area contributed by atoms with Crippen molar-refractivity contribution in [2.24, 2.45) is 5.92 Å². The largest absolute Gasteiger partial charge is 0.497 e. The number of hydrogen-bond acceptors (Lipinski definition) is 4. The molecule has 4 nitrogen and oxygen atoms in total. The third-order valence-electron chi connectivity index (χ3n) is 4.73. The van der Waals surface area contributed by atoms with Crippen LogP contribution in [0.3, 0.4) is 0 Å². The molecule has 1 aromatic rings. The molecule has 0 unspecified atom stereocenters. The summed E-state index contributed by atoms with van der Waals surface area (Å²) in [7, 11) is 3.18. The molecule has 0 aliphatic heterocycles. The van der Waals surface area contributed by atoms with E-state index in [0.717, 1.165) is 31.2 Å². The van der Waals surface area contributed by atoms with E-state index < -0.39 is 0 Å². The van der Waals surface area contributed by atoms with E-state index in [4.69, 9.17) is 14.2 Å². The Kier molecular flexibility index (Phi) is 11.1. The van der Waals surface area contributed by atoms with Gasteiger partial charge in [0.05, 0.1) is 20.8 Å². The normalized spacial score (nSPS) is 11.5. The first-order chi connectivity index (χ1) is 13.4. The summed E-state index contributed by atoms with van der Waals surface area (Å²) in [5, 5.41) is 0. The molecule has 0 saturated carbocycles. The fraction of sp³-hybridized carbons (Fsp3) is 0.542. The predicted octanol–water partition coefficient (Wildman–Crippen LogP) is 6.14. The summed E-state index contributed by atoms with van der Waals surface area (Å²) in [6, 6.07) is 3.65. The molecule has 0 radical (unpaired) electrons. The number of hydrogen-bond donors (Lipinski definition) is 0. The quantitative estimate of drug-likeness (QED) is 0.231. The molecule has 0 aliphatic rings. The molecule has 1 aromatic carbocycles. The number of methoxy groups -OCH3 is 2. The predicted molar refractivity (Wildman–Crippen MR) is 115 cm³/mol. The van der Waals surface area contributed by atoms with Gasteiger partial charge in [0.2, 0.25) is 0 Å². The van der Waals surface area contributed by atoms with Crippen LogP contribution in [0.2, 0.25) is 0 Å². The van der Waals surface area contributed by atoms with Gasteiger partial charge in [0.25, 0.3) is 0 Å². The number of benzene rings is 1. The third-order valence-corrected chi connectivity index (χ3v) is 4.73. The monoisotopic (exact) mass is 388 g/mol. The van der Waals surface area contributed by atoms with E-state index in [1.54, 1.807) is 26.4 Å². The van der Waals surface area contributed by atoms with Crippen molar-refractivity contribution in [2.45, 2.75) is 59.3 Å². The second kappa shape index (κ2) is 13.0. The van der Waals surface area contributed by atoms with Crippen molar-refractivity contribution in [3.63, 3.8) is 0 Å². The molecule has 4 heteroatoms. The maximum absolute atomic E-state index is 12.6. The van der Waals surface area contributed by atoms with Crippen molar-refractivity contribution in [3.05, 3.63) is 47.6 Å². The number of ether oxygens (including phenoxy) is 3. The fourth-order valence-corrected chi connectivity index (χ4v) is 3.10. The molecule has 0 bridgehead atoms. The van der Waals surface area contributed by atoms with Gasteiger partial charge in [0.1, 0.15) is 17.1 Å². The molecule has 0 N–H and O–H groups in total. The van der Waals surface area contributed by atoms with Crippen LogP contribution in [0.5, 0.6) is 11.5 Å². The maximum Gasteiger partial charge on any atom is 0.342 e. The number of aryl methyl sites for hydroxylation is 1. The minimum Gasteiger partial charge on any atom is -0.497 e. The van der Waals surface area contributed by atoms with Crippen LogP contribution in [0.4, 0.5) is 0 Å². The Labute approximate surface area is 170 Å². The highest BCUT2D eigenvalue weighted by Gasteiger charge is 2.20. The van der Waals surface area contributed by atoms with Crippen molar-refractivity contribution < 1.29 is 19.0 Å². The van der Waals surface area contributed by atoms with Gasteiger partial charge >= 0.3 is 5.97 Å². The lowest BCUT2D eigenvalue weighted by molar-refractivity contribution is 0.0506. The van der Waals surface area contributed by atoms with E-state index in [1.165, 1.54) is 12.0 Å². The lowest BCUT2D eigenvalue weighted by Gasteiger charge is -2.16. The Hall–Kier alpha value is -2.23. The molecule has 0 fully saturated rings. The molecule has 0 heterocycles. The van der Waals surface area contributed by atoms with E-state index >= 15 is 0 Å². The summed E-state index contributed by atoms with van der Waals surface area (Å²) in [5.74, 6) is 1.47. The maximum atomic E-state index is 12.6. The summed E-state index contributed by atoms with van der Waals surface area (Å²) in [6.07, 6.45) is 9.85. The number of carbonyl (C=O) groups is 1. The van der Waals surface area contributed by atoms with Crippen molar-refractivity contribution in [2.75, 3.05) is 20.8 Å². The van der Waals surface area contributed by atoms with Gasteiger partial charge in [-0.2, -0.15) is 0 Å². The fourth-order valence-electron chi connectivity index (χ4n) is 3.10. The second-order valence-electron chi connectivity index (χ2n) is 7.43. The summed E-state index contributed by atoms with van der Waals surface area (Å²) >= 11 is 0. The highest BCUT2D eigenvalue weighted by molar-refractivity contribution is 5.94. The number of rotatable bonds is 13. The SMILES string of the molecule is C=CCCOC(=O)c1c(CCC[C@H](C)CCC=C(C)C)cc(OC)cc1OC. The van der Waals surface area contributed by atoms with Crippen LogP contribution in [0, 0.1) is 5.92 Å². The van der Waals surface area contributed by atoms with Crippen LogP contribution in [-0.2, 0) is 11.2 Å². The van der Waals surface area contributed by atoms with Gasteiger partial charge in [-0.1, -0.05) is 31.1 Å². The molecule has 0 spiro atoms. The van der Waals surface area contributed by atoms with Crippen molar-refractivity contribution >= 4 is 5.97 Å². The lowest BCUT2D eigenvalue weighted by Crippen LogP contribution is -2.12. The van der Waals surface area contributed by atoms with Crippen LogP contribution in [0.25, 0.3) is 0 Å². The van der Waals surface area contributed by atoms with Crippen molar-refractivity contribution in [1.82, 2.24) is 0 Å². The van der Waals surface area contributed by atoms with Crippen LogP contribution in [-0.4, -0.2) is 26.8 Å². The van der Waals surface area contributed by atoms with Gasteiger partial charge in [-0.05, 0) is 63.5 Å². The Morgan fingerprint density at radius 3 is 2.50 bits per heavy atom. The molecular formula is C24H36O4. The van der Waals surface area contributed by atoms with E-state index in [2.05, 4.69) is 33.4 Å². The van der Waals surface area contributed by atoms with Crippen molar-refractivity contribution in [1.29, 1.82) is 0 Å². The van der Waals surface area contributed by atoms with Crippen molar-refractivity contribution in [3.8, 4) is 11.5 Å². The van der Waals surface area contributed by atoms with Gasteiger partial charge < -0.3 is 14.2 Å².